The number of amides is 1. The first-order chi connectivity index (χ1) is 10.8. The quantitative estimate of drug-likeness (QED) is 0.870. The van der Waals surface area contributed by atoms with Crippen molar-refractivity contribution in [3.05, 3.63) is 59.5 Å². The smallest absolute Gasteiger partial charge is 0.257 e. The van der Waals surface area contributed by atoms with Gasteiger partial charge in [-0.2, -0.15) is 5.26 Å². The van der Waals surface area contributed by atoms with E-state index in [-0.39, 0.29) is 5.91 Å². The monoisotopic (exact) mass is 295 g/mol. The summed E-state index contributed by atoms with van der Waals surface area (Å²) in [6.07, 6.45) is 3.01. The maximum absolute atomic E-state index is 12.2. The summed E-state index contributed by atoms with van der Waals surface area (Å²) in [4.78, 5) is 16.4. The molecule has 0 unspecified atom stereocenters. The molecule has 0 aliphatic carbocycles. The van der Waals surface area contributed by atoms with E-state index in [1.807, 2.05) is 29.2 Å². The Morgan fingerprint density at radius 2 is 1.86 bits per heavy atom. The summed E-state index contributed by atoms with van der Waals surface area (Å²) >= 11 is 0. The molecular formula is C17H17N3O2. The minimum absolute atomic E-state index is 0.0340. The van der Waals surface area contributed by atoms with Crippen LogP contribution in [-0.4, -0.2) is 41.9 Å². The molecule has 1 aliphatic heterocycles. The molecule has 112 valence electrons. The molecule has 2 aromatic rings. The molecule has 1 amide bonds. The highest BCUT2D eigenvalue weighted by molar-refractivity contribution is 5.93. The highest BCUT2D eigenvalue weighted by Crippen LogP contribution is 2.12. The van der Waals surface area contributed by atoms with Gasteiger partial charge in [-0.15, -0.1) is 0 Å². The van der Waals surface area contributed by atoms with E-state index >= 15 is 0 Å². The van der Waals surface area contributed by atoms with Crippen LogP contribution in [0.4, 0.5) is 0 Å². The van der Waals surface area contributed by atoms with E-state index in [1.165, 1.54) is 18.1 Å². The number of hydrogen-bond donors (Lipinski definition) is 0. The van der Waals surface area contributed by atoms with Gasteiger partial charge in [0.15, 0.2) is 0 Å². The fourth-order valence-electron chi connectivity index (χ4n) is 2.62. The molecule has 22 heavy (non-hydrogen) atoms. The summed E-state index contributed by atoms with van der Waals surface area (Å²) in [6.45, 7) is 3.99. The van der Waals surface area contributed by atoms with Crippen LogP contribution >= 0.6 is 0 Å². The predicted molar refractivity (Wildman–Crippen MR) is 81.0 cm³/mol. The molecule has 0 bridgehead atoms. The maximum atomic E-state index is 12.2. The van der Waals surface area contributed by atoms with Gasteiger partial charge >= 0.3 is 0 Å². The zero-order valence-electron chi connectivity index (χ0n) is 12.2. The zero-order valence-corrected chi connectivity index (χ0v) is 12.2. The van der Waals surface area contributed by atoms with Crippen LogP contribution < -0.4 is 0 Å². The Bertz CT molecular complexity index is 663. The van der Waals surface area contributed by atoms with E-state index in [9.17, 15) is 4.79 Å². The number of benzene rings is 1. The molecule has 5 heteroatoms. The first-order valence-electron chi connectivity index (χ1n) is 7.29. The van der Waals surface area contributed by atoms with Crippen molar-refractivity contribution in [3.63, 3.8) is 0 Å². The van der Waals surface area contributed by atoms with Crippen LogP contribution in [0.15, 0.2) is 47.3 Å². The minimum Gasteiger partial charge on any atom is -0.472 e. The van der Waals surface area contributed by atoms with Gasteiger partial charge in [-0.1, -0.05) is 12.1 Å². The Hall–Kier alpha value is -2.58. The van der Waals surface area contributed by atoms with Crippen molar-refractivity contribution in [2.45, 2.75) is 6.54 Å². The van der Waals surface area contributed by atoms with Gasteiger partial charge in [-0.3, -0.25) is 9.69 Å². The van der Waals surface area contributed by atoms with Crippen molar-refractivity contribution in [2.75, 3.05) is 26.2 Å². The summed E-state index contributed by atoms with van der Waals surface area (Å²) in [5.74, 6) is 0.0340. The van der Waals surface area contributed by atoms with E-state index in [0.29, 0.717) is 11.1 Å². The molecule has 1 aromatic carbocycles. The number of furan rings is 1. The Morgan fingerprint density at radius 3 is 2.45 bits per heavy atom. The second-order valence-corrected chi connectivity index (χ2v) is 5.39. The van der Waals surface area contributed by atoms with E-state index in [2.05, 4.69) is 11.0 Å². The normalized spacial score (nSPS) is 15.5. The summed E-state index contributed by atoms with van der Waals surface area (Å²) in [5.41, 5.74) is 2.48. The van der Waals surface area contributed by atoms with Gasteiger partial charge in [-0.05, 0) is 23.8 Å². The lowest BCUT2D eigenvalue weighted by molar-refractivity contribution is 0.0628. The minimum atomic E-state index is 0.0340. The van der Waals surface area contributed by atoms with Gasteiger partial charge in [0.25, 0.3) is 5.91 Å². The molecule has 0 N–H and O–H groups in total. The molecule has 0 spiro atoms. The highest BCUT2D eigenvalue weighted by Gasteiger charge is 2.22. The highest BCUT2D eigenvalue weighted by atomic mass is 16.3. The molecule has 0 radical (unpaired) electrons. The molecule has 1 saturated heterocycles. The maximum Gasteiger partial charge on any atom is 0.257 e. The molecule has 0 saturated carbocycles. The summed E-state index contributed by atoms with van der Waals surface area (Å²) in [6, 6.07) is 11.5. The molecule has 2 heterocycles. The number of carbonyl (C=O) groups excluding carboxylic acids is 1. The topological polar surface area (TPSA) is 60.5 Å². The third-order valence-electron chi connectivity index (χ3n) is 3.92. The number of nitrogens with zero attached hydrogens (tertiary/aromatic N) is 3. The second-order valence-electron chi connectivity index (χ2n) is 5.39. The molecule has 1 aliphatic rings. The predicted octanol–water partition coefficient (Wildman–Crippen LogP) is 2.11. The number of nitriles is 1. The van der Waals surface area contributed by atoms with E-state index in [4.69, 9.17) is 9.68 Å². The van der Waals surface area contributed by atoms with Crippen molar-refractivity contribution in [1.29, 1.82) is 5.26 Å². The van der Waals surface area contributed by atoms with Crippen molar-refractivity contribution >= 4 is 5.91 Å². The van der Waals surface area contributed by atoms with E-state index < -0.39 is 0 Å². The third-order valence-corrected chi connectivity index (χ3v) is 3.92. The number of rotatable bonds is 3. The summed E-state index contributed by atoms with van der Waals surface area (Å²) in [7, 11) is 0. The zero-order chi connectivity index (χ0) is 15.4. The standard InChI is InChI=1S/C17H17N3O2/c18-11-14-1-3-15(4-2-14)12-19-6-8-20(9-7-19)17(21)16-5-10-22-13-16/h1-5,10,13H,6-9,12H2. The lowest BCUT2D eigenvalue weighted by Gasteiger charge is -2.34. The number of hydrogen-bond acceptors (Lipinski definition) is 4. The largest absolute Gasteiger partial charge is 0.472 e. The van der Waals surface area contributed by atoms with E-state index in [1.54, 1.807) is 6.07 Å². The van der Waals surface area contributed by atoms with Crippen molar-refractivity contribution < 1.29 is 9.21 Å². The van der Waals surface area contributed by atoms with Gasteiger partial charge in [0.05, 0.1) is 23.5 Å². The van der Waals surface area contributed by atoms with Crippen molar-refractivity contribution in [3.8, 4) is 6.07 Å². The summed E-state index contributed by atoms with van der Waals surface area (Å²) < 4.78 is 4.96. The van der Waals surface area contributed by atoms with Crippen molar-refractivity contribution in [1.82, 2.24) is 9.80 Å². The van der Waals surface area contributed by atoms with Crippen LogP contribution in [0.5, 0.6) is 0 Å². The van der Waals surface area contributed by atoms with Gasteiger partial charge in [-0.25, -0.2) is 0 Å². The third kappa shape index (κ3) is 3.18. The molecule has 3 rings (SSSR count). The van der Waals surface area contributed by atoms with Gasteiger partial charge in [0.1, 0.15) is 6.26 Å². The van der Waals surface area contributed by atoms with Crippen LogP contribution in [0.25, 0.3) is 0 Å². The first kappa shape index (κ1) is 14.4. The fraction of sp³-hybridized carbons (Fsp3) is 0.294. The average Bonchev–Trinajstić information content (AvgIpc) is 3.10. The van der Waals surface area contributed by atoms with Crippen LogP contribution in [-0.2, 0) is 6.54 Å². The van der Waals surface area contributed by atoms with E-state index in [0.717, 1.165) is 32.7 Å². The second kappa shape index (κ2) is 6.46. The fourth-order valence-corrected chi connectivity index (χ4v) is 2.62. The summed E-state index contributed by atoms with van der Waals surface area (Å²) in [5, 5.41) is 8.80. The van der Waals surface area contributed by atoms with Crippen LogP contribution in [0.1, 0.15) is 21.5 Å². The van der Waals surface area contributed by atoms with Crippen LogP contribution in [0.3, 0.4) is 0 Å². The molecule has 1 aromatic heterocycles. The van der Waals surface area contributed by atoms with Gasteiger partial charge in [0, 0.05) is 32.7 Å². The van der Waals surface area contributed by atoms with Crippen molar-refractivity contribution in [2.24, 2.45) is 0 Å². The Balaban J connectivity index is 1.53. The van der Waals surface area contributed by atoms with Crippen LogP contribution in [0, 0.1) is 11.3 Å². The molecular weight excluding hydrogens is 278 g/mol. The Kier molecular flexibility index (Phi) is 4.22. The number of carbonyl (C=O) groups is 1. The lowest BCUT2D eigenvalue weighted by atomic mass is 10.1. The molecule has 5 nitrogen and oxygen atoms in total. The Labute approximate surface area is 129 Å². The lowest BCUT2D eigenvalue weighted by Crippen LogP contribution is -2.48. The Morgan fingerprint density at radius 1 is 1.14 bits per heavy atom. The SMILES string of the molecule is N#Cc1ccc(CN2CCN(C(=O)c3ccoc3)CC2)cc1. The average molecular weight is 295 g/mol. The number of piperazine rings is 1. The van der Waals surface area contributed by atoms with Crippen LogP contribution in [0.2, 0.25) is 0 Å². The molecule has 0 atom stereocenters. The first-order valence-corrected chi connectivity index (χ1v) is 7.29. The molecule has 1 fully saturated rings. The van der Waals surface area contributed by atoms with Gasteiger partial charge in [0.2, 0.25) is 0 Å². The van der Waals surface area contributed by atoms with Gasteiger partial charge < -0.3 is 9.32 Å².